The van der Waals surface area contributed by atoms with Crippen LogP contribution in [0.3, 0.4) is 0 Å². The fourth-order valence-electron chi connectivity index (χ4n) is 3.34. The predicted molar refractivity (Wildman–Crippen MR) is 117 cm³/mol. The van der Waals surface area contributed by atoms with Gasteiger partial charge in [0.1, 0.15) is 5.75 Å². The molecule has 150 valence electrons. The quantitative estimate of drug-likeness (QED) is 0.312. The number of allylic oxidation sites excluding steroid dienone is 1. The van der Waals surface area contributed by atoms with Gasteiger partial charge in [-0.15, -0.1) is 6.42 Å². The first kappa shape index (κ1) is 21.6. The average Bonchev–Trinajstić information content (AvgIpc) is 3.21. The highest BCUT2D eigenvalue weighted by atomic mass is 79.9. The molecule has 2 aromatic rings. The van der Waals surface area contributed by atoms with Gasteiger partial charge in [0.25, 0.3) is 0 Å². The van der Waals surface area contributed by atoms with E-state index in [1.54, 1.807) is 24.3 Å². The van der Waals surface area contributed by atoms with Gasteiger partial charge in [0.2, 0.25) is 0 Å². The van der Waals surface area contributed by atoms with Crippen molar-refractivity contribution in [1.82, 2.24) is 0 Å². The molecule has 0 amide bonds. The number of hydrogen-bond acceptors (Lipinski definition) is 3. The van der Waals surface area contributed by atoms with Crippen LogP contribution in [0.5, 0.6) is 11.5 Å². The molecule has 0 radical (unpaired) electrons. The molecule has 3 nitrogen and oxygen atoms in total. The summed E-state index contributed by atoms with van der Waals surface area (Å²) in [4.78, 5) is 12.7. The van der Waals surface area contributed by atoms with Crippen LogP contribution in [-0.4, -0.2) is 5.97 Å². The number of esters is 1. The van der Waals surface area contributed by atoms with Crippen LogP contribution in [0.2, 0.25) is 0 Å². The Kier molecular flexibility index (Phi) is 6.50. The van der Waals surface area contributed by atoms with E-state index in [4.69, 9.17) is 15.9 Å². The van der Waals surface area contributed by atoms with E-state index in [0.29, 0.717) is 11.3 Å². The Balaban J connectivity index is 1.77. The first-order valence-corrected chi connectivity index (χ1v) is 10.5. The van der Waals surface area contributed by atoms with Gasteiger partial charge in [-0.05, 0) is 67.5 Å². The van der Waals surface area contributed by atoms with Crippen LogP contribution < -0.4 is 4.74 Å². The molecule has 0 bridgehead atoms. The lowest BCUT2D eigenvalue weighted by Crippen LogP contribution is -2.14. The van der Waals surface area contributed by atoms with E-state index in [9.17, 15) is 9.18 Å². The summed E-state index contributed by atoms with van der Waals surface area (Å²) < 4.78 is 26.2. The fourth-order valence-corrected chi connectivity index (χ4v) is 3.91. The molecule has 1 aliphatic rings. The van der Waals surface area contributed by atoms with E-state index in [2.05, 4.69) is 37.8 Å². The maximum absolute atomic E-state index is 14.2. The Morgan fingerprint density at radius 1 is 1.24 bits per heavy atom. The summed E-state index contributed by atoms with van der Waals surface area (Å²) in [5.74, 6) is 1.80. The van der Waals surface area contributed by atoms with Gasteiger partial charge in [-0.3, -0.25) is 4.79 Å². The third-order valence-electron chi connectivity index (χ3n) is 5.08. The van der Waals surface area contributed by atoms with Gasteiger partial charge >= 0.3 is 5.97 Å². The van der Waals surface area contributed by atoms with Crippen LogP contribution in [0.25, 0.3) is 0 Å². The monoisotopic (exact) mass is 520 g/mol. The number of carbonyl (C=O) groups is 1. The SMILES string of the molecule is C#CC(OC(=O)C1C(C=C(Br)Br)C1(C)C)c1ccc(F)c(Oc2ccccc2)c1. The van der Waals surface area contributed by atoms with Crippen molar-refractivity contribution in [2.45, 2.75) is 20.0 Å². The molecule has 0 saturated heterocycles. The van der Waals surface area contributed by atoms with Gasteiger partial charge in [0, 0.05) is 5.56 Å². The smallest absolute Gasteiger partial charge is 0.311 e. The fraction of sp³-hybridized carbons (Fsp3) is 0.261. The molecule has 1 saturated carbocycles. The lowest BCUT2D eigenvalue weighted by molar-refractivity contribution is -0.149. The summed E-state index contributed by atoms with van der Waals surface area (Å²) >= 11 is 6.66. The van der Waals surface area contributed by atoms with Gasteiger partial charge in [0.05, 0.1) is 9.31 Å². The maximum atomic E-state index is 14.2. The zero-order valence-electron chi connectivity index (χ0n) is 15.9. The second-order valence-electron chi connectivity index (χ2n) is 7.37. The Morgan fingerprint density at radius 3 is 2.55 bits per heavy atom. The molecule has 29 heavy (non-hydrogen) atoms. The molecular formula is C23H19Br2FO3. The molecule has 1 aliphatic carbocycles. The first-order chi connectivity index (χ1) is 13.7. The highest BCUT2D eigenvalue weighted by Crippen LogP contribution is 2.60. The van der Waals surface area contributed by atoms with E-state index >= 15 is 0 Å². The minimum absolute atomic E-state index is 0.0146. The number of hydrogen-bond donors (Lipinski definition) is 0. The number of terminal acetylenes is 1. The van der Waals surface area contributed by atoms with Crippen LogP contribution >= 0.6 is 31.9 Å². The van der Waals surface area contributed by atoms with Crippen molar-refractivity contribution >= 4 is 37.8 Å². The largest absolute Gasteiger partial charge is 0.454 e. The second-order valence-corrected chi connectivity index (χ2v) is 10.1. The topological polar surface area (TPSA) is 35.5 Å². The summed E-state index contributed by atoms with van der Waals surface area (Å²) in [5.41, 5.74) is 0.244. The van der Waals surface area contributed by atoms with Crippen molar-refractivity contribution in [1.29, 1.82) is 0 Å². The first-order valence-electron chi connectivity index (χ1n) is 8.96. The van der Waals surface area contributed by atoms with Crippen molar-refractivity contribution in [2.75, 3.05) is 0 Å². The molecule has 3 rings (SSSR count). The van der Waals surface area contributed by atoms with Crippen LogP contribution in [0.4, 0.5) is 4.39 Å². The molecule has 3 unspecified atom stereocenters. The molecule has 0 aliphatic heterocycles. The van der Waals surface area contributed by atoms with E-state index in [1.165, 1.54) is 18.2 Å². The second kappa shape index (κ2) is 8.73. The molecule has 2 aromatic carbocycles. The van der Waals surface area contributed by atoms with Crippen molar-refractivity contribution in [3.63, 3.8) is 0 Å². The van der Waals surface area contributed by atoms with Crippen molar-refractivity contribution in [3.8, 4) is 23.8 Å². The van der Waals surface area contributed by atoms with Gasteiger partial charge in [0.15, 0.2) is 17.7 Å². The summed E-state index contributed by atoms with van der Waals surface area (Å²) in [5, 5.41) is 0. The van der Waals surface area contributed by atoms with Crippen LogP contribution in [0.15, 0.2) is 58.0 Å². The average molecular weight is 522 g/mol. The van der Waals surface area contributed by atoms with Crippen LogP contribution in [0, 0.1) is 35.4 Å². The minimum atomic E-state index is -0.935. The van der Waals surface area contributed by atoms with Crippen LogP contribution in [-0.2, 0) is 9.53 Å². The zero-order chi connectivity index (χ0) is 21.2. The summed E-state index contributed by atoms with van der Waals surface area (Å²) in [7, 11) is 0. The predicted octanol–water partition coefficient (Wildman–Crippen LogP) is 6.74. The highest BCUT2D eigenvalue weighted by molar-refractivity contribution is 9.28. The third kappa shape index (κ3) is 4.91. The lowest BCUT2D eigenvalue weighted by atomic mass is 10.1. The molecule has 0 aromatic heterocycles. The Labute approximate surface area is 186 Å². The third-order valence-corrected chi connectivity index (χ3v) is 5.61. The number of carbonyl (C=O) groups excluding carboxylic acids is 1. The highest BCUT2D eigenvalue weighted by Gasteiger charge is 2.61. The van der Waals surface area contributed by atoms with E-state index in [-0.39, 0.29) is 29.0 Å². The molecule has 0 heterocycles. The van der Waals surface area contributed by atoms with Crippen LogP contribution in [0.1, 0.15) is 25.5 Å². The Hall–Kier alpha value is -2.10. The normalized spacial score (nSPS) is 20.1. The summed E-state index contributed by atoms with van der Waals surface area (Å²) in [6, 6.07) is 13.1. The molecule has 0 spiro atoms. The Bertz CT molecular complexity index is 975. The van der Waals surface area contributed by atoms with E-state index in [1.807, 2.05) is 26.0 Å². The molecule has 6 heteroatoms. The van der Waals surface area contributed by atoms with E-state index in [0.717, 1.165) is 3.39 Å². The van der Waals surface area contributed by atoms with Crippen molar-refractivity contribution in [3.05, 3.63) is 69.4 Å². The zero-order valence-corrected chi connectivity index (χ0v) is 19.0. The summed E-state index contributed by atoms with van der Waals surface area (Å²) in [6.45, 7) is 4.00. The lowest BCUT2D eigenvalue weighted by Gasteiger charge is -2.15. The number of halogens is 3. The molecule has 1 fully saturated rings. The van der Waals surface area contributed by atoms with Crippen molar-refractivity contribution in [2.24, 2.45) is 17.3 Å². The molecule has 0 N–H and O–H groups in total. The van der Waals surface area contributed by atoms with Gasteiger partial charge < -0.3 is 9.47 Å². The number of benzene rings is 2. The summed E-state index contributed by atoms with van der Waals surface area (Å²) in [6.07, 6.45) is 6.60. The Morgan fingerprint density at radius 2 is 1.93 bits per heavy atom. The number of ether oxygens (including phenoxy) is 2. The minimum Gasteiger partial charge on any atom is -0.454 e. The molecule has 3 atom stereocenters. The molecular weight excluding hydrogens is 503 g/mol. The number of rotatable bonds is 6. The van der Waals surface area contributed by atoms with Crippen molar-refractivity contribution < 1.29 is 18.7 Å². The van der Waals surface area contributed by atoms with Gasteiger partial charge in [-0.25, -0.2) is 4.39 Å². The van der Waals surface area contributed by atoms with E-state index < -0.39 is 11.9 Å². The standard InChI is InChI=1S/C23H19Br2FO3/c1-4-18(29-22(27)21-16(13-20(24)25)23(21,2)3)14-10-11-17(26)19(12-14)28-15-8-6-5-7-9-15/h1,5-13,16,18,21H,2-3H3. The van der Waals surface area contributed by atoms with Gasteiger partial charge in [-0.1, -0.05) is 50.1 Å². The van der Waals surface area contributed by atoms with Gasteiger partial charge in [-0.2, -0.15) is 0 Å². The maximum Gasteiger partial charge on any atom is 0.311 e. The number of para-hydroxylation sites is 1.